The van der Waals surface area contributed by atoms with Crippen molar-refractivity contribution in [1.82, 2.24) is 15.0 Å². The number of halogens is 3. The van der Waals surface area contributed by atoms with Gasteiger partial charge in [-0.25, -0.2) is 4.98 Å². The number of pyridine rings is 2. The lowest BCUT2D eigenvalue weighted by Crippen LogP contribution is -2.14. The van der Waals surface area contributed by atoms with Crippen LogP contribution in [0.25, 0.3) is 22.3 Å². The summed E-state index contributed by atoms with van der Waals surface area (Å²) in [6, 6.07) is 5.32. The Bertz CT molecular complexity index is 881. The number of rotatable bonds is 2. The van der Waals surface area contributed by atoms with Crippen LogP contribution in [0, 0.1) is 0 Å². The molecule has 0 atom stereocenters. The molecule has 0 spiro atoms. The van der Waals surface area contributed by atoms with Crippen LogP contribution in [0.3, 0.4) is 0 Å². The first-order chi connectivity index (χ1) is 12.0. The van der Waals surface area contributed by atoms with Crippen LogP contribution in [0.2, 0.25) is 0 Å². The van der Waals surface area contributed by atoms with E-state index in [2.05, 4.69) is 15.0 Å². The molecular formula is C18H16F3N3O. The van der Waals surface area contributed by atoms with Gasteiger partial charge in [-0.15, -0.1) is 0 Å². The van der Waals surface area contributed by atoms with E-state index in [0.717, 1.165) is 37.8 Å². The first kappa shape index (κ1) is 16.1. The van der Waals surface area contributed by atoms with Crippen LogP contribution in [0.5, 0.6) is 0 Å². The van der Waals surface area contributed by atoms with Crippen molar-refractivity contribution >= 4 is 11.0 Å². The first-order valence-electron chi connectivity index (χ1n) is 8.11. The molecule has 3 aromatic rings. The minimum Gasteiger partial charge on any atom is -0.381 e. The minimum atomic E-state index is -4.42. The fourth-order valence-electron chi connectivity index (χ4n) is 3.23. The van der Waals surface area contributed by atoms with Crippen molar-refractivity contribution < 1.29 is 17.9 Å². The van der Waals surface area contributed by atoms with Gasteiger partial charge in [0.1, 0.15) is 5.65 Å². The van der Waals surface area contributed by atoms with Gasteiger partial charge >= 0.3 is 6.18 Å². The highest BCUT2D eigenvalue weighted by atomic mass is 19.4. The quantitative estimate of drug-likeness (QED) is 0.740. The van der Waals surface area contributed by atoms with Gasteiger partial charge in [0.15, 0.2) is 0 Å². The van der Waals surface area contributed by atoms with Crippen molar-refractivity contribution in [3.05, 3.63) is 47.9 Å². The topological polar surface area (TPSA) is 50.8 Å². The molecule has 1 aliphatic rings. The summed E-state index contributed by atoms with van der Waals surface area (Å²) in [5.74, 6) is 0.428. The molecule has 0 bridgehead atoms. The Balaban J connectivity index is 1.67. The molecule has 4 nitrogen and oxygen atoms in total. The molecule has 3 aromatic heterocycles. The Kier molecular flexibility index (Phi) is 3.95. The van der Waals surface area contributed by atoms with Crippen LogP contribution in [0.1, 0.15) is 29.9 Å². The molecule has 25 heavy (non-hydrogen) atoms. The standard InChI is InChI=1S/C18H16F3N3O/c19-18(20,21)15-10-24-17-14(15)7-13(9-23-17)16-2-1-12(8-22-16)11-3-5-25-6-4-11/h1-2,7-11H,3-6H2,(H,23,24). The molecule has 7 heteroatoms. The van der Waals surface area contributed by atoms with Gasteiger partial charge in [-0.05, 0) is 36.5 Å². The monoisotopic (exact) mass is 347 g/mol. The summed E-state index contributed by atoms with van der Waals surface area (Å²) >= 11 is 0. The Morgan fingerprint density at radius 1 is 1.08 bits per heavy atom. The van der Waals surface area contributed by atoms with Crippen molar-refractivity contribution in [2.75, 3.05) is 13.2 Å². The lowest BCUT2D eigenvalue weighted by Gasteiger charge is -2.22. The molecule has 1 N–H and O–H groups in total. The second-order valence-electron chi connectivity index (χ2n) is 6.18. The SMILES string of the molecule is FC(F)(F)c1c[nH]c2ncc(-c3ccc(C4CCOCC4)cn3)cc12. The predicted molar refractivity (Wildman–Crippen MR) is 87.1 cm³/mol. The molecule has 130 valence electrons. The van der Waals surface area contributed by atoms with Gasteiger partial charge < -0.3 is 9.72 Å². The molecule has 0 aliphatic carbocycles. The molecule has 0 radical (unpaired) electrons. The van der Waals surface area contributed by atoms with Gasteiger partial charge in [-0.2, -0.15) is 13.2 Å². The van der Waals surface area contributed by atoms with Gasteiger partial charge in [-0.3, -0.25) is 4.98 Å². The zero-order valence-corrected chi connectivity index (χ0v) is 13.3. The molecule has 0 aromatic carbocycles. The molecule has 1 saturated heterocycles. The molecule has 0 saturated carbocycles. The summed E-state index contributed by atoms with van der Waals surface area (Å²) in [7, 11) is 0. The number of nitrogens with zero attached hydrogens (tertiary/aromatic N) is 2. The van der Waals surface area contributed by atoms with Crippen LogP contribution in [-0.4, -0.2) is 28.2 Å². The summed E-state index contributed by atoms with van der Waals surface area (Å²) in [6.45, 7) is 1.50. The summed E-state index contributed by atoms with van der Waals surface area (Å²) in [5.41, 5.74) is 1.82. The van der Waals surface area contributed by atoms with Crippen molar-refractivity contribution in [3.8, 4) is 11.3 Å². The maximum Gasteiger partial charge on any atom is 0.418 e. The van der Waals surface area contributed by atoms with Crippen LogP contribution in [-0.2, 0) is 10.9 Å². The third-order valence-electron chi connectivity index (χ3n) is 4.61. The van der Waals surface area contributed by atoms with E-state index >= 15 is 0 Å². The molecule has 0 amide bonds. The lowest BCUT2D eigenvalue weighted by molar-refractivity contribution is -0.136. The van der Waals surface area contributed by atoms with Gasteiger partial charge in [0.2, 0.25) is 0 Å². The number of alkyl halides is 3. The fourth-order valence-corrected chi connectivity index (χ4v) is 3.23. The zero-order chi connectivity index (χ0) is 17.4. The lowest BCUT2D eigenvalue weighted by atomic mass is 9.93. The van der Waals surface area contributed by atoms with E-state index < -0.39 is 11.7 Å². The highest BCUT2D eigenvalue weighted by Crippen LogP contribution is 2.35. The third-order valence-corrected chi connectivity index (χ3v) is 4.61. The summed E-state index contributed by atoms with van der Waals surface area (Å²) < 4.78 is 44.6. The molecule has 0 unspecified atom stereocenters. The maximum absolute atomic E-state index is 13.1. The average Bonchev–Trinajstić information content (AvgIpc) is 3.06. The second kappa shape index (κ2) is 6.15. The van der Waals surface area contributed by atoms with E-state index in [1.807, 2.05) is 12.1 Å². The van der Waals surface area contributed by atoms with E-state index in [0.29, 0.717) is 17.2 Å². The van der Waals surface area contributed by atoms with Gasteiger partial charge in [-0.1, -0.05) is 6.07 Å². The van der Waals surface area contributed by atoms with E-state index in [4.69, 9.17) is 4.74 Å². The highest BCUT2D eigenvalue weighted by molar-refractivity contribution is 5.84. The molecule has 4 heterocycles. The minimum absolute atomic E-state index is 0.0558. The number of H-pyrrole nitrogens is 1. The first-order valence-corrected chi connectivity index (χ1v) is 8.11. The maximum atomic E-state index is 13.1. The fraction of sp³-hybridized carbons (Fsp3) is 0.333. The van der Waals surface area contributed by atoms with E-state index in [1.54, 1.807) is 6.20 Å². The van der Waals surface area contributed by atoms with Crippen LogP contribution in [0.15, 0.2) is 36.8 Å². The zero-order valence-electron chi connectivity index (χ0n) is 13.3. The summed E-state index contributed by atoms with van der Waals surface area (Å²) in [4.78, 5) is 11.1. The van der Waals surface area contributed by atoms with Crippen molar-refractivity contribution in [2.24, 2.45) is 0 Å². The van der Waals surface area contributed by atoms with E-state index in [9.17, 15) is 13.2 Å². The smallest absolute Gasteiger partial charge is 0.381 e. The molecule has 1 aliphatic heterocycles. The van der Waals surface area contributed by atoms with Gasteiger partial charge in [0.05, 0.1) is 11.3 Å². The average molecular weight is 347 g/mol. The molecule has 4 rings (SSSR count). The predicted octanol–water partition coefficient (Wildman–Crippen LogP) is 4.54. The molecular weight excluding hydrogens is 331 g/mol. The third kappa shape index (κ3) is 3.11. The summed E-state index contributed by atoms with van der Waals surface area (Å²) in [5, 5.41) is 0.0558. The largest absolute Gasteiger partial charge is 0.418 e. The number of aromatic amines is 1. The van der Waals surface area contributed by atoms with Gasteiger partial charge in [0.25, 0.3) is 0 Å². The van der Waals surface area contributed by atoms with E-state index in [-0.39, 0.29) is 11.0 Å². The van der Waals surface area contributed by atoms with Gasteiger partial charge in [0, 0.05) is 42.8 Å². The molecule has 1 fully saturated rings. The Morgan fingerprint density at radius 2 is 1.88 bits per heavy atom. The van der Waals surface area contributed by atoms with Crippen molar-refractivity contribution in [2.45, 2.75) is 24.9 Å². The van der Waals surface area contributed by atoms with Crippen molar-refractivity contribution in [3.63, 3.8) is 0 Å². The number of nitrogens with one attached hydrogen (secondary N) is 1. The highest BCUT2D eigenvalue weighted by Gasteiger charge is 2.34. The number of aromatic nitrogens is 3. The normalized spacial score (nSPS) is 16.4. The van der Waals surface area contributed by atoms with E-state index in [1.165, 1.54) is 12.3 Å². The van der Waals surface area contributed by atoms with Crippen LogP contribution in [0.4, 0.5) is 13.2 Å². The number of hydrogen-bond acceptors (Lipinski definition) is 3. The van der Waals surface area contributed by atoms with Crippen molar-refractivity contribution in [1.29, 1.82) is 0 Å². The Hall–Kier alpha value is -2.41. The van der Waals surface area contributed by atoms with Crippen LogP contribution >= 0.6 is 0 Å². The Labute approximate surface area is 142 Å². The second-order valence-corrected chi connectivity index (χ2v) is 6.18. The van der Waals surface area contributed by atoms with Crippen LogP contribution < -0.4 is 0 Å². The Morgan fingerprint density at radius 3 is 2.56 bits per heavy atom. The number of hydrogen-bond donors (Lipinski definition) is 1. The summed E-state index contributed by atoms with van der Waals surface area (Å²) in [6.07, 6.45) is 1.80. The number of fused-ring (bicyclic) bond motifs is 1. The number of ether oxygens (including phenoxy) is 1.